The van der Waals surface area contributed by atoms with Gasteiger partial charge in [0.25, 0.3) is 5.56 Å². The van der Waals surface area contributed by atoms with Gasteiger partial charge in [-0.05, 0) is 63.1 Å². The van der Waals surface area contributed by atoms with Gasteiger partial charge in [0.05, 0.1) is 22.5 Å². The lowest BCUT2D eigenvalue weighted by Crippen LogP contribution is -2.35. The van der Waals surface area contributed by atoms with Crippen LogP contribution in [0.2, 0.25) is 5.02 Å². The van der Waals surface area contributed by atoms with Crippen LogP contribution in [0.4, 0.5) is 5.69 Å². The van der Waals surface area contributed by atoms with Crippen LogP contribution in [0.1, 0.15) is 36.3 Å². The van der Waals surface area contributed by atoms with E-state index < -0.39 is 6.04 Å². The van der Waals surface area contributed by atoms with Crippen LogP contribution >= 0.6 is 11.6 Å². The molecule has 0 saturated carbocycles. The second-order valence-corrected chi connectivity index (χ2v) is 8.20. The van der Waals surface area contributed by atoms with Crippen molar-refractivity contribution in [2.24, 2.45) is 0 Å². The van der Waals surface area contributed by atoms with Crippen molar-refractivity contribution in [1.29, 1.82) is 0 Å². The fraction of sp³-hybridized carbons (Fsp3) is 0.250. The number of para-hydroxylation sites is 1. The Morgan fingerprint density at radius 2 is 1.81 bits per heavy atom. The van der Waals surface area contributed by atoms with E-state index in [1.807, 2.05) is 51.1 Å². The molecule has 4 rings (SSSR count). The van der Waals surface area contributed by atoms with Gasteiger partial charge in [0.2, 0.25) is 5.91 Å². The zero-order chi connectivity index (χ0) is 23.0. The van der Waals surface area contributed by atoms with E-state index in [0.29, 0.717) is 39.4 Å². The third kappa shape index (κ3) is 3.80. The standard InChI is InChI=1S/C24H24ClN5O2/c1-5-20(23(31)26-19-12-11-17(25)13-14(19)2)30-24(32)21-16(4)29(18-9-7-6-8-10-18)28-22(21)15(3)27-30/h6-13,20H,5H2,1-4H3,(H,26,31)/t20-/m0/s1. The molecule has 1 amide bonds. The first-order chi connectivity index (χ1) is 15.3. The van der Waals surface area contributed by atoms with Crippen molar-refractivity contribution in [3.63, 3.8) is 0 Å². The summed E-state index contributed by atoms with van der Waals surface area (Å²) in [7, 11) is 0. The van der Waals surface area contributed by atoms with E-state index in [4.69, 9.17) is 11.6 Å². The van der Waals surface area contributed by atoms with Gasteiger partial charge in [-0.15, -0.1) is 0 Å². The number of amides is 1. The van der Waals surface area contributed by atoms with Crippen molar-refractivity contribution in [1.82, 2.24) is 19.6 Å². The molecular formula is C24H24ClN5O2. The van der Waals surface area contributed by atoms with Gasteiger partial charge in [0.1, 0.15) is 11.6 Å². The summed E-state index contributed by atoms with van der Waals surface area (Å²) in [6.45, 7) is 7.37. The fourth-order valence-corrected chi connectivity index (χ4v) is 4.09. The molecule has 8 heteroatoms. The molecule has 2 aromatic carbocycles. The summed E-state index contributed by atoms with van der Waals surface area (Å²) in [4.78, 5) is 26.6. The van der Waals surface area contributed by atoms with E-state index in [9.17, 15) is 9.59 Å². The molecule has 1 atom stereocenters. The minimum Gasteiger partial charge on any atom is -0.324 e. The molecule has 2 heterocycles. The molecule has 7 nitrogen and oxygen atoms in total. The van der Waals surface area contributed by atoms with Gasteiger partial charge < -0.3 is 5.32 Å². The molecule has 0 unspecified atom stereocenters. The summed E-state index contributed by atoms with van der Waals surface area (Å²) in [6.07, 6.45) is 0.405. The van der Waals surface area contributed by atoms with Crippen LogP contribution in [0.3, 0.4) is 0 Å². The number of nitrogens with zero attached hydrogens (tertiary/aromatic N) is 4. The number of hydrogen-bond donors (Lipinski definition) is 1. The van der Waals surface area contributed by atoms with Crippen LogP contribution in [0.15, 0.2) is 53.3 Å². The van der Waals surface area contributed by atoms with Crippen molar-refractivity contribution in [3.8, 4) is 5.69 Å². The van der Waals surface area contributed by atoms with E-state index >= 15 is 0 Å². The summed E-state index contributed by atoms with van der Waals surface area (Å²) in [5.41, 5.74) is 3.85. The fourth-order valence-electron chi connectivity index (χ4n) is 3.87. The Bertz CT molecular complexity index is 1370. The number of nitrogens with one attached hydrogen (secondary N) is 1. The van der Waals surface area contributed by atoms with Crippen LogP contribution in [0.25, 0.3) is 16.6 Å². The van der Waals surface area contributed by atoms with E-state index in [0.717, 1.165) is 11.3 Å². The van der Waals surface area contributed by atoms with Crippen LogP contribution < -0.4 is 10.9 Å². The SMILES string of the molecule is CC[C@@H](C(=O)Nc1ccc(Cl)cc1C)n1nc(C)c2nn(-c3ccccc3)c(C)c2c1=O. The summed E-state index contributed by atoms with van der Waals surface area (Å²) >= 11 is 6.02. The lowest BCUT2D eigenvalue weighted by atomic mass is 10.1. The zero-order valence-electron chi connectivity index (χ0n) is 18.4. The highest BCUT2D eigenvalue weighted by molar-refractivity contribution is 6.30. The summed E-state index contributed by atoms with van der Waals surface area (Å²) < 4.78 is 3.02. The molecule has 0 aliphatic heterocycles. The van der Waals surface area contributed by atoms with E-state index in [2.05, 4.69) is 15.5 Å². The molecule has 0 spiro atoms. The maximum Gasteiger partial charge on any atom is 0.278 e. The van der Waals surface area contributed by atoms with Crippen LogP contribution in [-0.2, 0) is 4.79 Å². The Kier molecular flexibility index (Phi) is 5.84. The maximum atomic E-state index is 13.5. The number of anilines is 1. The second kappa shape index (κ2) is 8.59. The molecule has 0 saturated heterocycles. The monoisotopic (exact) mass is 449 g/mol. The number of rotatable bonds is 5. The van der Waals surface area contributed by atoms with Gasteiger partial charge in [-0.2, -0.15) is 10.2 Å². The number of fused-ring (bicyclic) bond motifs is 1. The Balaban J connectivity index is 1.79. The zero-order valence-corrected chi connectivity index (χ0v) is 19.1. The number of aryl methyl sites for hydroxylation is 3. The van der Waals surface area contributed by atoms with Crippen LogP contribution in [0.5, 0.6) is 0 Å². The van der Waals surface area contributed by atoms with Crippen molar-refractivity contribution in [2.45, 2.75) is 40.2 Å². The molecule has 0 aliphatic carbocycles. The molecule has 1 N–H and O–H groups in total. The molecular weight excluding hydrogens is 426 g/mol. The number of hydrogen-bond acceptors (Lipinski definition) is 4. The summed E-state index contributed by atoms with van der Waals surface area (Å²) in [6, 6.07) is 14.1. The third-order valence-corrected chi connectivity index (χ3v) is 5.81. The Labute approximate surface area is 190 Å². The quantitative estimate of drug-likeness (QED) is 0.476. The Hall–Kier alpha value is -3.45. The van der Waals surface area contributed by atoms with Crippen LogP contribution in [-0.4, -0.2) is 25.5 Å². The minimum absolute atomic E-state index is 0.306. The van der Waals surface area contributed by atoms with Gasteiger partial charge in [-0.25, -0.2) is 9.36 Å². The van der Waals surface area contributed by atoms with Gasteiger partial charge in [0.15, 0.2) is 0 Å². The van der Waals surface area contributed by atoms with Gasteiger partial charge >= 0.3 is 0 Å². The van der Waals surface area contributed by atoms with Gasteiger partial charge in [0, 0.05) is 10.7 Å². The molecule has 164 valence electrons. The number of benzene rings is 2. The number of carbonyl (C=O) groups is 1. The van der Waals surface area contributed by atoms with Gasteiger partial charge in [-0.1, -0.05) is 36.7 Å². The predicted molar refractivity (Wildman–Crippen MR) is 127 cm³/mol. The van der Waals surface area contributed by atoms with Gasteiger partial charge in [-0.3, -0.25) is 9.59 Å². The average Bonchev–Trinajstić information content (AvgIpc) is 3.13. The first kappa shape index (κ1) is 21.8. The normalized spacial score (nSPS) is 12.2. The second-order valence-electron chi connectivity index (χ2n) is 7.76. The minimum atomic E-state index is -0.764. The Morgan fingerprint density at radius 3 is 2.47 bits per heavy atom. The highest BCUT2D eigenvalue weighted by atomic mass is 35.5. The first-order valence-electron chi connectivity index (χ1n) is 10.4. The highest BCUT2D eigenvalue weighted by Crippen LogP contribution is 2.23. The topological polar surface area (TPSA) is 81.8 Å². The third-order valence-electron chi connectivity index (χ3n) is 5.57. The lowest BCUT2D eigenvalue weighted by molar-refractivity contribution is -0.119. The first-order valence-corrected chi connectivity index (χ1v) is 10.8. The maximum absolute atomic E-state index is 13.5. The smallest absolute Gasteiger partial charge is 0.278 e. The highest BCUT2D eigenvalue weighted by Gasteiger charge is 2.25. The number of halogens is 1. The molecule has 0 radical (unpaired) electrons. The number of carbonyl (C=O) groups excluding carboxylic acids is 1. The van der Waals surface area contributed by atoms with Crippen molar-refractivity contribution < 1.29 is 4.79 Å². The number of aromatic nitrogens is 4. The molecule has 2 aromatic heterocycles. The molecule has 0 aliphatic rings. The van der Waals surface area contributed by atoms with Crippen LogP contribution in [0, 0.1) is 20.8 Å². The van der Waals surface area contributed by atoms with Crippen molar-refractivity contribution in [3.05, 3.63) is 80.9 Å². The molecule has 0 bridgehead atoms. The summed E-state index contributed by atoms with van der Waals surface area (Å²) in [5.74, 6) is -0.306. The van der Waals surface area contributed by atoms with E-state index in [-0.39, 0.29) is 11.5 Å². The Morgan fingerprint density at radius 1 is 1.09 bits per heavy atom. The van der Waals surface area contributed by atoms with Crippen molar-refractivity contribution in [2.75, 3.05) is 5.32 Å². The molecule has 32 heavy (non-hydrogen) atoms. The average molecular weight is 450 g/mol. The molecule has 4 aromatic rings. The largest absolute Gasteiger partial charge is 0.324 e. The van der Waals surface area contributed by atoms with E-state index in [1.165, 1.54) is 4.68 Å². The lowest BCUT2D eigenvalue weighted by Gasteiger charge is -2.18. The molecule has 0 fully saturated rings. The summed E-state index contributed by atoms with van der Waals surface area (Å²) in [5, 5.41) is 13.1. The van der Waals surface area contributed by atoms with Crippen molar-refractivity contribution >= 4 is 34.1 Å². The van der Waals surface area contributed by atoms with E-state index in [1.54, 1.807) is 29.8 Å². The predicted octanol–water partition coefficient (Wildman–Crippen LogP) is 4.75.